The van der Waals surface area contributed by atoms with Gasteiger partial charge in [0.15, 0.2) is 0 Å². The normalized spacial score (nSPS) is 31.2. The summed E-state index contributed by atoms with van der Waals surface area (Å²) in [7, 11) is 0. The predicted octanol–water partition coefficient (Wildman–Crippen LogP) is 2.77. The SMILES string of the molecule is CC1CCC(SC(C)C(=O)O)CC1. The van der Waals surface area contributed by atoms with E-state index in [1.807, 2.05) is 0 Å². The molecule has 1 aliphatic rings. The molecule has 0 heterocycles. The summed E-state index contributed by atoms with van der Waals surface area (Å²) in [5.74, 6) is 0.167. The van der Waals surface area contributed by atoms with Crippen LogP contribution < -0.4 is 0 Å². The van der Waals surface area contributed by atoms with Gasteiger partial charge < -0.3 is 5.11 Å². The number of hydrogen-bond acceptors (Lipinski definition) is 2. The first-order chi connectivity index (χ1) is 6.09. The fourth-order valence-electron chi connectivity index (χ4n) is 1.71. The van der Waals surface area contributed by atoms with Gasteiger partial charge in [-0.15, -0.1) is 11.8 Å². The molecule has 0 amide bonds. The smallest absolute Gasteiger partial charge is 0.316 e. The second-order valence-electron chi connectivity index (χ2n) is 4.00. The third-order valence-corrected chi connectivity index (χ3v) is 4.17. The van der Waals surface area contributed by atoms with Gasteiger partial charge in [-0.2, -0.15) is 0 Å². The summed E-state index contributed by atoms with van der Waals surface area (Å²) < 4.78 is 0. The Kier molecular flexibility index (Phi) is 4.10. The molecule has 76 valence electrons. The van der Waals surface area contributed by atoms with Crippen LogP contribution in [0.4, 0.5) is 0 Å². The van der Waals surface area contributed by atoms with Crippen molar-refractivity contribution in [1.29, 1.82) is 0 Å². The molecule has 1 fully saturated rings. The Morgan fingerprint density at radius 1 is 1.38 bits per heavy atom. The van der Waals surface area contributed by atoms with Crippen molar-refractivity contribution in [3.05, 3.63) is 0 Å². The second kappa shape index (κ2) is 4.89. The highest BCUT2D eigenvalue weighted by molar-refractivity contribution is 8.01. The van der Waals surface area contributed by atoms with E-state index in [-0.39, 0.29) is 5.25 Å². The standard InChI is InChI=1S/C10H18O2S/c1-7-3-5-9(6-4-7)13-8(2)10(11)12/h7-9H,3-6H2,1-2H3,(H,11,12). The molecule has 1 N–H and O–H groups in total. The maximum atomic E-state index is 10.6. The van der Waals surface area contributed by atoms with E-state index in [1.165, 1.54) is 25.7 Å². The van der Waals surface area contributed by atoms with Crippen molar-refractivity contribution in [2.24, 2.45) is 5.92 Å². The molecule has 0 aromatic heterocycles. The van der Waals surface area contributed by atoms with Crippen molar-refractivity contribution in [3.63, 3.8) is 0 Å². The predicted molar refractivity (Wildman–Crippen MR) is 56.1 cm³/mol. The van der Waals surface area contributed by atoms with E-state index in [0.29, 0.717) is 5.25 Å². The van der Waals surface area contributed by atoms with Gasteiger partial charge in [-0.25, -0.2) is 0 Å². The van der Waals surface area contributed by atoms with E-state index in [1.54, 1.807) is 18.7 Å². The minimum absolute atomic E-state index is 0.238. The molecule has 0 aliphatic heterocycles. The molecule has 0 aromatic carbocycles. The van der Waals surface area contributed by atoms with E-state index in [2.05, 4.69) is 6.92 Å². The zero-order chi connectivity index (χ0) is 9.84. The van der Waals surface area contributed by atoms with Crippen LogP contribution in [0, 0.1) is 5.92 Å². The van der Waals surface area contributed by atoms with E-state index < -0.39 is 5.97 Å². The number of rotatable bonds is 3. The van der Waals surface area contributed by atoms with Crippen LogP contribution in [0.25, 0.3) is 0 Å². The molecule has 1 rings (SSSR count). The van der Waals surface area contributed by atoms with Gasteiger partial charge in [0.2, 0.25) is 0 Å². The lowest BCUT2D eigenvalue weighted by Crippen LogP contribution is -2.20. The van der Waals surface area contributed by atoms with Gasteiger partial charge in [-0.1, -0.05) is 6.92 Å². The number of carbonyl (C=O) groups is 1. The van der Waals surface area contributed by atoms with Gasteiger partial charge in [-0.05, 0) is 38.5 Å². The largest absolute Gasteiger partial charge is 0.480 e. The lowest BCUT2D eigenvalue weighted by molar-refractivity contribution is -0.136. The van der Waals surface area contributed by atoms with E-state index in [4.69, 9.17) is 5.11 Å². The third kappa shape index (κ3) is 3.59. The van der Waals surface area contributed by atoms with Crippen molar-refractivity contribution < 1.29 is 9.90 Å². The molecule has 0 bridgehead atoms. The van der Waals surface area contributed by atoms with Gasteiger partial charge in [0.25, 0.3) is 0 Å². The Morgan fingerprint density at radius 3 is 2.38 bits per heavy atom. The Hall–Kier alpha value is -0.180. The van der Waals surface area contributed by atoms with Crippen LogP contribution in [0.1, 0.15) is 39.5 Å². The van der Waals surface area contributed by atoms with Crippen LogP contribution in [-0.2, 0) is 4.79 Å². The summed E-state index contributed by atoms with van der Waals surface area (Å²) in [4.78, 5) is 10.6. The Morgan fingerprint density at radius 2 is 1.92 bits per heavy atom. The third-order valence-electron chi connectivity index (χ3n) is 2.71. The average molecular weight is 202 g/mol. The summed E-state index contributed by atoms with van der Waals surface area (Å²) in [6.45, 7) is 4.06. The maximum absolute atomic E-state index is 10.6. The van der Waals surface area contributed by atoms with Crippen LogP contribution in [0.5, 0.6) is 0 Å². The van der Waals surface area contributed by atoms with Crippen LogP contribution in [-0.4, -0.2) is 21.6 Å². The first-order valence-corrected chi connectivity index (χ1v) is 5.92. The molecule has 1 unspecified atom stereocenters. The van der Waals surface area contributed by atoms with Crippen molar-refractivity contribution in [1.82, 2.24) is 0 Å². The van der Waals surface area contributed by atoms with Gasteiger partial charge in [0, 0.05) is 5.25 Å². The van der Waals surface area contributed by atoms with Crippen LogP contribution in [0.3, 0.4) is 0 Å². The summed E-state index contributed by atoms with van der Waals surface area (Å²) in [6, 6.07) is 0. The highest BCUT2D eigenvalue weighted by Crippen LogP contribution is 2.33. The van der Waals surface area contributed by atoms with Gasteiger partial charge in [0.1, 0.15) is 0 Å². The average Bonchev–Trinajstić information content (AvgIpc) is 2.08. The first kappa shape index (κ1) is 10.9. The topological polar surface area (TPSA) is 37.3 Å². The number of hydrogen-bond donors (Lipinski definition) is 1. The molecule has 3 heteroatoms. The molecule has 1 atom stereocenters. The lowest BCUT2D eigenvalue weighted by Gasteiger charge is -2.26. The van der Waals surface area contributed by atoms with Crippen LogP contribution >= 0.6 is 11.8 Å². The molecular weight excluding hydrogens is 184 g/mol. The number of aliphatic carboxylic acids is 1. The molecule has 1 aliphatic carbocycles. The minimum atomic E-state index is -0.677. The van der Waals surface area contributed by atoms with Crippen molar-refractivity contribution in [2.75, 3.05) is 0 Å². The number of thioether (sulfide) groups is 1. The monoisotopic (exact) mass is 202 g/mol. The number of carboxylic acids is 1. The minimum Gasteiger partial charge on any atom is -0.480 e. The van der Waals surface area contributed by atoms with Crippen LogP contribution in [0.15, 0.2) is 0 Å². The number of carboxylic acid groups (broad SMARTS) is 1. The van der Waals surface area contributed by atoms with Gasteiger partial charge in [-0.3, -0.25) is 4.79 Å². The van der Waals surface area contributed by atoms with Crippen molar-refractivity contribution in [3.8, 4) is 0 Å². The molecular formula is C10H18O2S. The van der Waals surface area contributed by atoms with Gasteiger partial charge in [0.05, 0.1) is 5.25 Å². The quantitative estimate of drug-likeness (QED) is 0.764. The van der Waals surface area contributed by atoms with Crippen LogP contribution in [0.2, 0.25) is 0 Å². The molecule has 13 heavy (non-hydrogen) atoms. The van der Waals surface area contributed by atoms with E-state index >= 15 is 0 Å². The van der Waals surface area contributed by atoms with Gasteiger partial charge >= 0.3 is 5.97 Å². The molecule has 0 spiro atoms. The molecule has 1 saturated carbocycles. The molecule has 2 nitrogen and oxygen atoms in total. The maximum Gasteiger partial charge on any atom is 0.316 e. The highest BCUT2D eigenvalue weighted by Gasteiger charge is 2.22. The fourth-order valence-corrected chi connectivity index (χ4v) is 2.95. The zero-order valence-electron chi connectivity index (χ0n) is 8.32. The zero-order valence-corrected chi connectivity index (χ0v) is 9.14. The molecule has 0 radical (unpaired) electrons. The second-order valence-corrected chi connectivity index (χ2v) is 5.64. The summed E-state index contributed by atoms with van der Waals surface area (Å²) in [5.41, 5.74) is 0. The summed E-state index contributed by atoms with van der Waals surface area (Å²) in [6.07, 6.45) is 4.93. The van der Waals surface area contributed by atoms with Crippen molar-refractivity contribution in [2.45, 2.75) is 50.0 Å². The molecule has 0 saturated heterocycles. The summed E-state index contributed by atoms with van der Waals surface area (Å²) in [5, 5.41) is 9.09. The van der Waals surface area contributed by atoms with E-state index in [9.17, 15) is 4.79 Å². The first-order valence-electron chi connectivity index (χ1n) is 4.98. The Bertz CT molecular complexity index is 174. The summed E-state index contributed by atoms with van der Waals surface area (Å²) >= 11 is 1.63. The highest BCUT2D eigenvalue weighted by atomic mass is 32.2. The van der Waals surface area contributed by atoms with Crippen molar-refractivity contribution >= 4 is 17.7 Å². The fraction of sp³-hybridized carbons (Fsp3) is 0.900. The Balaban J connectivity index is 2.26. The molecule has 0 aromatic rings. The Labute approximate surface area is 84.1 Å². The van der Waals surface area contributed by atoms with E-state index in [0.717, 1.165) is 5.92 Å². The lowest BCUT2D eigenvalue weighted by atomic mass is 9.91.